The van der Waals surface area contributed by atoms with Crippen molar-refractivity contribution in [3.63, 3.8) is 0 Å². The Balaban J connectivity index is 3.43. The minimum atomic E-state index is -0.534. The molecule has 0 saturated heterocycles. The highest BCUT2D eigenvalue weighted by atomic mass is 16.6. The summed E-state index contributed by atoms with van der Waals surface area (Å²) in [6.07, 6.45) is 41.7. The maximum Gasteiger partial charge on any atom is 0.306 e. The topological polar surface area (TPSA) is 55.8 Å². The molecule has 0 aromatic carbocycles. The van der Waals surface area contributed by atoms with Crippen LogP contribution in [-0.4, -0.2) is 37.0 Å². The van der Waals surface area contributed by atoms with Crippen molar-refractivity contribution in [2.45, 2.75) is 136 Å². The van der Waals surface area contributed by atoms with E-state index in [9.17, 15) is 9.90 Å². The van der Waals surface area contributed by atoms with Crippen molar-refractivity contribution in [3.05, 3.63) is 60.8 Å². The lowest BCUT2D eigenvalue weighted by Crippen LogP contribution is -2.27. The Hall–Kier alpha value is -1.91. The van der Waals surface area contributed by atoms with Crippen molar-refractivity contribution in [1.29, 1.82) is 0 Å². The third kappa shape index (κ3) is 30.5. The van der Waals surface area contributed by atoms with Gasteiger partial charge in [0.25, 0.3) is 0 Å². The Bertz CT molecular complexity index is 660. The molecule has 0 rings (SSSR count). The second-order valence-electron chi connectivity index (χ2n) is 10.2. The summed E-state index contributed by atoms with van der Waals surface area (Å²) in [5.74, 6) is -0.232. The van der Waals surface area contributed by atoms with E-state index in [0.717, 1.165) is 57.8 Å². The molecule has 39 heavy (non-hydrogen) atoms. The zero-order valence-corrected chi connectivity index (χ0v) is 25.4. The Morgan fingerprint density at radius 2 is 1.15 bits per heavy atom. The standard InChI is InChI=1S/C35H60O4/c1-3-5-7-8-9-10-11-12-13-14-15-16-17-18-19-20-21-22-23-24-25-26-27-29-31-38-33-34(32-36)39-35(37)30-28-6-4-2/h5,7,9-10,12-13,15-16,18-19,34,36H,3-4,6,8,11,14,17,20-33H2,1-2H3/b7-5-,10-9-,13-12-,16-15-,19-18-. The van der Waals surface area contributed by atoms with Gasteiger partial charge in [0.2, 0.25) is 0 Å². The van der Waals surface area contributed by atoms with Crippen LogP contribution in [0.15, 0.2) is 60.8 Å². The number of carbonyl (C=O) groups excluding carboxylic acids is 1. The number of hydrogen-bond donors (Lipinski definition) is 1. The molecule has 0 spiro atoms. The first-order valence-electron chi connectivity index (χ1n) is 15.9. The Morgan fingerprint density at radius 1 is 0.641 bits per heavy atom. The zero-order chi connectivity index (χ0) is 28.5. The van der Waals surface area contributed by atoms with Gasteiger partial charge in [-0.1, -0.05) is 126 Å². The van der Waals surface area contributed by atoms with Crippen LogP contribution in [0.1, 0.15) is 129 Å². The average Bonchev–Trinajstić information content (AvgIpc) is 2.94. The van der Waals surface area contributed by atoms with Gasteiger partial charge in [0.1, 0.15) is 6.10 Å². The SMILES string of the molecule is CC/C=C\C/C=C\C/C=C\C/C=C\C/C=C\CCCCCCCCCCOCC(CO)OC(=O)CCCCC. The fourth-order valence-electron chi connectivity index (χ4n) is 4.00. The smallest absolute Gasteiger partial charge is 0.306 e. The molecule has 0 heterocycles. The summed E-state index contributed by atoms with van der Waals surface area (Å²) in [7, 11) is 0. The maximum absolute atomic E-state index is 11.7. The minimum absolute atomic E-state index is 0.180. The molecule has 0 aliphatic carbocycles. The van der Waals surface area contributed by atoms with Crippen LogP contribution in [-0.2, 0) is 14.3 Å². The van der Waals surface area contributed by atoms with Gasteiger partial charge in [-0.25, -0.2) is 0 Å². The lowest BCUT2D eigenvalue weighted by Gasteiger charge is -2.15. The van der Waals surface area contributed by atoms with E-state index in [1.165, 1.54) is 51.4 Å². The van der Waals surface area contributed by atoms with Crippen molar-refractivity contribution in [3.8, 4) is 0 Å². The minimum Gasteiger partial charge on any atom is -0.457 e. The molecular weight excluding hydrogens is 484 g/mol. The lowest BCUT2D eigenvalue weighted by molar-refractivity contribution is -0.154. The van der Waals surface area contributed by atoms with E-state index in [-0.39, 0.29) is 19.2 Å². The highest BCUT2D eigenvalue weighted by Gasteiger charge is 2.13. The first kappa shape index (κ1) is 37.1. The summed E-state index contributed by atoms with van der Waals surface area (Å²) in [5, 5.41) is 9.37. The summed E-state index contributed by atoms with van der Waals surface area (Å²) in [6.45, 7) is 5.03. The Kier molecular flexibility index (Phi) is 30.7. The molecule has 0 bridgehead atoms. The Morgan fingerprint density at radius 3 is 1.69 bits per heavy atom. The number of ether oxygens (including phenoxy) is 2. The lowest BCUT2D eigenvalue weighted by atomic mass is 10.1. The number of allylic oxidation sites excluding steroid dienone is 10. The fourth-order valence-corrected chi connectivity index (χ4v) is 4.00. The van der Waals surface area contributed by atoms with Crippen LogP contribution in [0.25, 0.3) is 0 Å². The van der Waals surface area contributed by atoms with Crippen LogP contribution >= 0.6 is 0 Å². The molecule has 0 aliphatic rings. The van der Waals surface area contributed by atoms with Gasteiger partial charge >= 0.3 is 5.97 Å². The van der Waals surface area contributed by atoms with Crippen LogP contribution in [0.3, 0.4) is 0 Å². The van der Waals surface area contributed by atoms with Crippen LogP contribution < -0.4 is 0 Å². The molecule has 1 N–H and O–H groups in total. The van der Waals surface area contributed by atoms with E-state index in [1.54, 1.807) is 0 Å². The van der Waals surface area contributed by atoms with Crippen LogP contribution in [0.2, 0.25) is 0 Å². The third-order valence-electron chi connectivity index (χ3n) is 6.36. The summed E-state index contributed by atoms with van der Waals surface area (Å²) < 4.78 is 10.9. The van der Waals surface area contributed by atoms with Crippen molar-refractivity contribution >= 4 is 5.97 Å². The summed E-state index contributed by atoms with van der Waals surface area (Å²) in [6, 6.07) is 0. The van der Waals surface area contributed by atoms with E-state index in [1.807, 2.05) is 0 Å². The summed E-state index contributed by atoms with van der Waals surface area (Å²) in [5.41, 5.74) is 0. The van der Waals surface area contributed by atoms with Crippen LogP contribution in [0, 0.1) is 0 Å². The summed E-state index contributed by atoms with van der Waals surface area (Å²) in [4.78, 5) is 11.7. The zero-order valence-electron chi connectivity index (χ0n) is 25.4. The van der Waals surface area contributed by atoms with E-state index in [4.69, 9.17) is 9.47 Å². The number of aliphatic hydroxyl groups excluding tert-OH is 1. The van der Waals surface area contributed by atoms with Gasteiger partial charge in [-0.15, -0.1) is 0 Å². The molecule has 0 saturated carbocycles. The molecule has 4 nitrogen and oxygen atoms in total. The van der Waals surface area contributed by atoms with Gasteiger partial charge in [-0.05, 0) is 57.8 Å². The van der Waals surface area contributed by atoms with E-state index in [0.29, 0.717) is 13.0 Å². The number of rotatable bonds is 28. The van der Waals surface area contributed by atoms with E-state index >= 15 is 0 Å². The Labute approximate surface area is 241 Å². The van der Waals surface area contributed by atoms with E-state index in [2.05, 4.69) is 74.6 Å². The highest BCUT2D eigenvalue weighted by Crippen LogP contribution is 2.10. The predicted octanol–water partition coefficient (Wildman–Crippen LogP) is 9.75. The molecule has 224 valence electrons. The summed E-state index contributed by atoms with van der Waals surface area (Å²) >= 11 is 0. The molecule has 1 unspecified atom stereocenters. The average molecular weight is 545 g/mol. The largest absolute Gasteiger partial charge is 0.457 e. The third-order valence-corrected chi connectivity index (χ3v) is 6.36. The fraction of sp³-hybridized carbons (Fsp3) is 0.686. The molecule has 0 radical (unpaired) electrons. The van der Waals surface area contributed by atoms with Gasteiger partial charge in [0.05, 0.1) is 13.2 Å². The number of aliphatic hydroxyl groups is 1. The maximum atomic E-state index is 11.7. The molecule has 4 heteroatoms. The van der Waals surface area contributed by atoms with Gasteiger partial charge in [0, 0.05) is 13.0 Å². The van der Waals surface area contributed by atoms with Crippen molar-refractivity contribution in [2.75, 3.05) is 19.8 Å². The first-order chi connectivity index (χ1) is 19.2. The molecule has 0 aromatic heterocycles. The van der Waals surface area contributed by atoms with Gasteiger partial charge in [-0.3, -0.25) is 4.79 Å². The molecular formula is C35H60O4. The molecule has 0 amide bonds. The quantitative estimate of drug-likeness (QED) is 0.0605. The predicted molar refractivity (Wildman–Crippen MR) is 168 cm³/mol. The van der Waals surface area contributed by atoms with Crippen molar-refractivity contribution in [1.82, 2.24) is 0 Å². The van der Waals surface area contributed by atoms with Crippen LogP contribution in [0.4, 0.5) is 0 Å². The van der Waals surface area contributed by atoms with Gasteiger partial charge < -0.3 is 14.6 Å². The number of unbranched alkanes of at least 4 members (excludes halogenated alkanes) is 10. The monoisotopic (exact) mass is 544 g/mol. The number of carbonyl (C=O) groups is 1. The van der Waals surface area contributed by atoms with Crippen molar-refractivity contribution in [2.24, 2.45) is 0 Å². The number of hydrogen-bond acceptors (Lipinski definition) is 4. The first-order valence-corrected chi connectivity index (χ1v) is 15.9. The van der Waals surface area contributed by atoms with Crippen molar-refractivity contribution < 1.29 is 19.4 Å². The second-order valence-corrected chi connectivity index (χ2v) is 10.2. The molecule has 0 aliphatic heterocycles. The van der Waals surface area contributed by atoms with Gasteiger partial charge in [-0.2, -0.15) is 0 Å². The normalized spacial score (nSPS) is 13.2. The second kappa shape index (κ2) is 32.3. The molecule has 1 atom stereocenters. The van der Waals surface area contributed by atoms with Crippen LogP contribution in [0.5, 0.6) is 0 Å². The van der Waals surface area contributed by atoms with E-state index < -0.39 is 6.10 Å². The highest BCUT2D eigenvalue weighted by molar-refractivity contribution is 5.69. The molecule has 0 fully saturated rings. The molecule has 0 aromatic rings. The number of esters is 1. The van der Waals surface area contributed by atoms with Gasteiger partial charge in [0.15, 0.2) is 0 Å².